The molecule has 4 rings (SSSR count). The van der Waals surface area contributed by atoms with Gasteiger partial charge in [-0.25, -0.2) is 9.38 Å². The van der Waals surface area contributed by atoms with Gasteiger partial charge in [-0.15, -0.1) is 0 Å². The van der Waals surface area contributed by atoms with E-state index in [1.54, 1.807) is 19.9 Å². The molecule has 2 aromatic heterocycles. The minimum absolute atomic E-state index is 0.194. The number of fused-ring (bicyclic) bond motifs is 3. The number of aromatic amines is 1. The monoisotopic (exact) mass is 362 g/mol. The van der Waals surface area contributed by atoms with Gasteiger partial charge in [0.25, 0.3) is 0 Å². The van der Waals surface area contributed by atoms with Gasteiger partial charge in [-0.05, 0) is 26.8 Å². The minimum atomic E-state index is -0.447. The number of aromatic nitrogens is 2. The van der Waals surface area contributed by atoms with Crippen LogP contribution >= 0.6 is 11.6 Å². The highest BCUT2D eigenvalue weighted by atomic mass is 35.5. The topological polar surface area (TPSA) is 75.4 Å². The summed E-state index contributed by atoms with van der Waals surface area (Å²) in [5.41, 5.74) is 2.46. The first-order valence-electron chi connectivity index (χ1n) is 7.78. The van der Waals surface area contributed by atoms with Crippen molar-refractivity contribution in [3.05, 3.63) is 28.9 Å². The summed E-state index contributed by atoms with van der Waals surface area (Å²) in [6.45, 7) is 5.37. The summed E-state index contributed by atoms with van der Waals surface area (Å²) in [6, 6.07) is 1.75. The van der Waals surface area contributed by atoms with Crippen LogP contribution in [0, 0.1) is 19.7 Å². The van der Waals surface area contributed by atoms with Gasteiger partial charge in [-0.3, -0.25) is 0 Å². The predicted molar refractivity (Wildman–Crippen MR) is 95.3 cm³/mol. The average Bonchev–Trinajstić information content (AvgIpc) is 3.08. The molecule has 8 heteroatoms. The lowest BCUT2D eigenvalue weighted by atomic mass is 9.99. The van der Waals surface area contributed by atoms with E-state index in [2.05, 4.69) is 20.4 Å². The molecule has 0 radical (unpaired) electrons. The highest BCUT2D eigenvalue weighted by Gasteiger charge is 2.28. The zero-order valence-electron chi connectivity index (χ0n) is 14.1. The molecule has 1 aliphatic heterocycles. The smallest absolute Gasteiger partial charge is 0.159 e. The Kier molecular flexibility index (Phi) is 3.50. The van der Waals surface area contributed by atoms with E-state index >= 15 is 4.39 Å². The maximum atomic E-state index is 15.5. The van der Waals surface area contributed by atoms with Gasteiger partial charge in [-0.1, -0.05) is 16.8 Å². The van der Waals surface area contributed by atoms with Crippen molar-refractivity contribution in [1.82, 2.24) is 10.1 Å². The number of benzene rings is 1. The van der Waals surface area contributed by atoms with Crippen LogP contribution in [0.15, 0.2) is 15.6 Å². The normalized spacial score (nSPS) is 16.6. The van der Waals surface area contributed by atoms with E-state index in [1.807, 2.05) is 6.92 Å². The lowest BCUT2D eigenvalue weighted by Gasteiger charge is -2.17. The number of ether oxygens (including phenoxy) is 1. The predicted octanol–water partition coefficient (Wildman–Crippen LogP) is 4.34. The fraction of sp³-hybridized carbons (Fsp3) is 0.294. The van der Waals surface area contributed by atoms with Crippen LogP contribution in [0.25, 0.3) is 22.0 Å². The zero-order chi connectivity index (χ0) is 17.9. The quantitative estimate of drug-likeness (QED) is 0.710. The van der Waals surface area contributed by atoms with Crippen LogP contribution in [0.2, 0.25) is 0 Å². The summed E-state index contributed by atoms with van der Waals surface area (Å²) in [4.78, 5) is 7.37. The van der Waals surface area contributed by atoms with E-state index in [0.29, 0.717) is 55.8 Å². The summed E-state index contributed by atoms with van der Waals surface area (Å²) in [5.74, 6) is 1.09. The first kappa shape index (κ1) is 16.0. The zero-order valence-corrected chi connectivity index (χ0v) is 14.9. The SMILES string of the molecule is COc1cc2c3c([nH]c2c(F)c1-c1c(C)noc1C)NC(C)N=C3Cl. The molecule has 3 heterocycles. The third kappa shape index (κ3) is 2.22. The number of H-pyrrole nitrogens is 1. The van der Waals surface area contributed by atoms with Crippen molar-refractivity contribution in [3.8, 4) is 16.9 Å². The molecule has 0 saturated carbocycles. The lowest BCUT2D eigenvalue weighted by Crippen LogP contribution is -2.20. The number of anilines is 1. The van der Waals surface area contributed by atoms with Crippen molar-refractivity contribution in [3.63, 3.8) is 0 Å². The molecule has 25 heavy (non-hydrogen) atoms. The van der Waals surface area contributed by atoms with Gasteiger partial charge in [0, 0.05) is 5.39 Å². The molecule has 130 valence electrons. The highest BCUT2D eigenvalue weighted by Crippen LogP contribution is 2.43. The minimum Gasteiger partial charge on any atom is -0.496 e. The molecule has 3 aromatic rings. The average molecular weight is 363 g/mol. The number of rotatable bonds is 2. The van der Waals surface area contributed by atoms with Crippen LogP contribution in [0.5, 0.6) is 5.75 Å². The maximum absolute atomic E-state index is 15.5. The van der Waals surface area contributed by atoms with E-state index in [9.17, 15) is 0 Å². The van der Waals surface area contributed by atoms with Gasteiger partial charge in [0.2, 0.25) is 0 Å². The van der Waals surface area contributed by atoms with Crippen molar-refractivity contribution in [1.29, 1.82) is 0 Å². The van der Waals surface area contributed by atoms with Crippen LogP contribution in [0.1, 0.15) is 23.9 Å². The second-order valence-corrected chi connectivity index (χ2v) is 6.36. The number of methoxy groups -OCH3 is 1. The number of hydrogen-bond acceptors (Lipinski definition) is 5. The third-order valence-corrected chi connectivity index (χ3v) is 4.66. The Morgan fingerprint density at radius 1 is 1.28 bits per heavy atom. The van der Waals surface area contributed by atoms with Gasteiger partial charge in [-0.2, -0.15) is 0 Å². The fourth-order valence-corrected chi connectivity index (χ4v) is 3.64. The molecule has 6 nitrogen and oxygen atoms in total. The van der Waals surface area contributed by atoms with E-state index < -0.39 is 5.82 Å². The molecule has 1 atom stereocenters. The Labute approximate surface area is 148 Å². The number of aryl methyl sites for hydroxylation is 2. The van der Waals surface area contributed by atoms with Crippen LogP contribution < -0.4 is 10.1 Å². The van der Waals surface area contributed by atoms with Crippen molar-refractivity contribution in [2.45, 2.75) is 26.9 Å². The second-order valence-electron chi connectivity index (χ2n) is 6.00. The van der Waals surface area contributed by atoms with Crippen LogP contribution in [0.3, 0.4) is 0 Å². The molecule has 0 aliphatic carbocycles. The molecule has 1 unspecified atom stereocenters. The van der Waals surface area contributed by atoms with Crippen molar-refractivity contribution < 1.29 is 13.7 Å². The van der Waals surface area contributed by atoms with E-state index in [-0.39, 0.29) is 6.17 Å². The number of nitrogens with zero attached hydrogens (tertiary/aromatic N) is 2. The molecule has 2 N–H and O–H groups in total. The van der Waals surface area contributed by atoms with Crippen molar-refractivity contribution in [2.75, 3.05) is 12.4 Å². The van der Waals surface area contributed by atoms with Gasteiger partial charge in [0.1, 0.15) is 28.7 Å². The standard InChI is InChI=1S/C17H16ClFN4O2/c1-6-11(7(2)25-23-6)13-10(24-4)5-9-12-16(18)20-8(3)21-17(12)22-15(9)14(13)19/h5,8,21-22H,1-4H3. The van der Waals surface area contributed by atoms with Gasteiger partial charge >= 0.3 is 0 Å². The molecule has 0 amide bonds. The van der Waals surface area contributed by atoms with Crippen LogP contribution in [-0.2, 0) is 0 Å². The van der Waals surface area contributed by atoms with Gasteiger partial charge in [0.05, 0.1) is 35.0 Å². The Morgan fingerprint density at radius 2 is 2.04 bits per heavy atom. The Bertz CT molecular complexity index is 1020. The Hall–Kier alpha value is -2.54. The molecule has 0 fully saturated rings. The fourth-order valence-electron chi connectivity index (χ4n) is 3.30. The van der Waals surface area contributed by atoms with E-state index in [1.165, 1.54) is 7.11 Å². The summed E-state index contributed by atoms with van der Waals surface area (Å²) >= 11 is 6.30. The molecule has 1 aliphatic rings. The lowest BCUT2D eigenvalue weighted by molar-refractivity contribution is 0.393. The van der Waals surface area contributed by atoms with E-state index in [0.717, 1.165) is 0 Å². The van der Waals surface area contributed by atoms with Gasteiger partial charge < -0.3 is 19.6 Å². The van der Waals surface area contributed by atoms with Crippen LogP contribution in [0.4, 0.5) is 10.2 Å². The number of hydrogen-bond donors (Lipinski definition) is 2. The molecule has 0 saturated heterocycles. The molecule has 0 bridgehead atoms. The molecular weight excluding hydrogens is 347 g/mol. The van der Waals surface area contributed by atoms with Crippen molar-refractivity contribution in [2.24, 2.45) is 4.99 Å². The third-order valence-electron chi connectivity index (χ3n) is 4.37. The largest absolute Gasteiger partial charge is 0.496 e. The molecular formula is C17H16ClFN4O2. The maximum Gasteiger partial charge on any atom is 0.159 e. The molecule has 1 aromatic carbocycles. The highest BCUT2D eigenvalue weighted by molar-refractivity contribution is 6.71. The summed E-state index contributed by atoms with van der Waals surface area (Å²) in [7, 11) is 1.50. The van der Waals surface area contributed by atoms with Crippen molar-refractivity contribution >= 4 is 33.5 Å². The Balaban J connectivity index is 2.08. The first-order chi connectivity index (χ1) is 11.9. The number of nitrogens with one attached hydrogen (secondary N) is 2. The molecule has 0 spiro atoms. The summed E-state index contributed by atoms with van der Waals surface area (Å²) in [5, 5.41) is 8.01. The summed E-state index contributed by atoms with van der Waals surface area (Å²) < 4.78 is 26.1. The summed E-state index contributed by atoms with van der Waals surface area (Å²) in [6.07, 6.45) is -0.194. The van der Waals surface area contributed by atoms with Crippen LogP contribution in [-0.4, -0.2) is 28.6 Å². The Morgan fingerprint density at radius 3 is 2.68 bits per heavy atom. The van der Waals surface area contributed by atoms with Gasteiger partial charge in [0.15, 0.2) is 5.82 Å². The second kappa shape index (κ2) is 5.49. The number of aliphatic imine (C=N–C) groups is 1. The van der Waals surface area contributed by atoms with E-state index in [4.69, 9.17) is 20.9 Å². The first-order valence-corrected chi connectivity index (χ1v) is 8.15. The number of halogens is 2.